The van der Waals surface area contributed by atoms with Crippen LogP contribution in [0.4, 0.5) is 0 Å². The lowest BCUT2D eigenvalue weighted by Gasteiger charge is -2.21. The summed E-state index contributed by atoms with van der Waals surface area (Å²) >= 11 is 0. The summed E-state index contributed by atoms with van der Waals surface area (Å²) in [6.07, 6.45) is 1.82. The van der Waals surface area contributed by atoms with Gasteiger partial charge < -0.3 is 19.4 Å². The Labute approximate surface area is 159 Å². The standard InChI is InChI=1S/C22H26N2O3/c1-5-27-20-11-10-16(12-21(20)26-4)14-24(3)15(2)22(25)18-13-23-19-9-7-6-8-17(18)19/h6-13,15,23H,5,14H2,1-4H3/p+1/t15-/m1/s1. The van der Waals surface area contributed by atoms with E-state index in [9.17, 15) is 4.79 Å². The third-order valence-corrected chi connectivity index (χ3v) is 5.00. The first-order chi connectivity index (χ1) is 13.0. The number of para-hydroxylation sites is 1. The van der Waals surface area contributed by atoms with Crippen LogP contribution in [0, 0.1) is 0 Å². The van der Waals surface area contributed by atoms with Crippen molar-refractivity contribution in [2.45, 2.75) is 26.4 Å². The van der Waals surface area contributed by atoms with E-state index in [0.717, 1.165) is 45.0 Å². The average Bonchev–Trinajstić information content (AvgIpc) is 3.12. The molecule has 2 N–H and O–H groups in total. The fourth-order valence-corrected chi connectivity index (χ4v) is 3.30. The van der Waals surface area contributed by atoms with Crippen LogP contribution < -0.4 is 14.4 Å². The van der Waals surface area contributed by atoms with Crippen LogP contribution in [-0.2, 0) is 6.54 Å². The summed E-state index contributed by atoms with van der Waals surface area (Å²) in [5.74, 6) is 1.60. The Morgan fingerprint density at radius 3 is 2.70 bits per heavy atom. The predicted octanol–water partition coefficient (Wildman–Crippen LogP) is 2.86. The molecule has 5 nitrogen and oxygen atoms in total. The van der Waals surface area contributed by atoms with Gasteiger partial charge in [-0.05, 0) is 38.1 Å². The van der Waals surface area contributed by atoms with Gasteiger partial charge >= 0.3 is 0 Å². The van der Waals surface area contributed by atoms with Gasteiger partial charge in [0.25, 0.3) is 0 Å². The summed E-state index contributed by atoms with van der Waals surface area (Å²) in [5.41, 5.74) is 2.84. The molecule has 0 saturated carbocycles. The Bertz CT molecular complexity index is 932. The fraction of sp³-hybridized carbons (Fsp3) is 0.318. The van der Waals surface area contributed by atoms with E-state index in [-0.39, 0.29) is 11.8 Å². The number of aromatic nitrogens is 1. The van der Waals surface area contributed by atoms with Crippen LogP contribution in [0.15, 0.2) is 48.7 Å². The summed E-state index contributed by atoms with van der Waals surface area (Å²) in [6.45, 7) is 5.24. The molecular weight excluding hydrogens is 340 g/mol. The van der Waals surface area contributed by atoms with Crippen molar-refractivity contribution in [1.82, 2.24) is 4.98 Å². The predicted molar refractivity (Wildman–Crippen MR) is 107 cm³/mol. The molecule has 0 bridgehead atoms. The van der Waals surface area contributed by atoms with Gasteiger partial charge in [-0.25, -0.2) is 0 Å². The number of hydrogen-bond acceptors (Lipinski definition) is 3. The van der Waals surface area contributed by atoms with E-state index < -0.39 is 0 Å². The molecule has 142 valence electrons. The van der Waals surface area contributed by atoms with Crippen LogP contribution in [0.3, 0.4) is 0 Å². The maximum Gasteiger partial charge on any atom is 0.221 e. The molecule has 1 aromatic heterocycles. The Morgan fingerprint density at radius 1 is 1.19 bits per heavy atom. The van der Waals surface area contributed by atoms with Crippen LogP contribution in [0.5, 0.6) is 11.5 Å². The molecule has 3 aromatic rings. The highest BCUT2D eigenvalue weighted by molar-refractivity contribution is 6.09. The van der Waals surface area contributed by atoms with Gasteiger partial charge in [-0.1, -0.05) is 18.2 Å². The summed E-state index contributed by atoms with van der Waals surface area (Å²) in [6, 6.07) is 13.7. The second-order valence-electron chi connectivity index (χ2n) is 6.78. The van der Waals surface area contributed by atoms with Crippen molar-refractivity contribution in [3.05, 3.63) is 59.8 Å². The fourth-order valence-electron chi connectivity index (χ4n) is 3.30. The van der Waals surface area contributed by atoms with E-state index in [0.29, 0.717) is 6.61 Å². The van der Waals surface area contributed by atoms with Crippen LogP contribution in [-0.4, -0.2) is 37.6 Å². The molecule has 1 unspecified atom stereocenters. The minimum atomic E-state index is -0.165. The number of aromatic amines is 1. The van der Waals surface area contributed by atoms with E-state index in [1.165, 1.54) is 0 Å². The molecule has 2 atom stereocenters. The summed E-state index contributed by atoms with van der Waals surface area (Å²) < 4.78 is 11.0. The van der Waals surface area contributed by atoms with Crippen LogP contribution in [0.25, 0.3) is 10.9 Å². The molecule has 0 saturated heterocycles. The Hall–Kier alpha value is -2.79. The Morgan fingerprint density at radius 2 is 1.96 bits per heavy atom. The number of Topliss-reactive ketones (excluding diaryl/α,β-unsaturated/α-hetero) is 1. The van der Waals surface area contributed by atoms with Crippen molar-refractivity contribution in [2.24, 2.45) is 0 Å². The maximum absolute atomic E-state index is 13.0. The third kappa shape index (κ3) is 3.98. The SMILES string of the molecule is CCOc1ccc(C[NH+](C)[C@H](C)C(=O)c2c[nH]c3ccccc23)cc1OC. The number of rotatable bonds is 8. The number of ketones is 1. The number of carbonyl (C=O) groups excluding carboxylic acids is 1. The van der Waals surface area contributed by atoms with Gasteiger partial charge in [0.05, 0.1) is 20.8 Å². The molecule has 0 fully saturated rings. The van der Waals surface area contributed by atoms with E-state index in [1.54, 1.807) is 7.11 Å². The van der Waals surface area contributed by atoms with Crippen LogP contribution in [0.1, 0.15) is 29.8 Å². The summed E-state index contributed by atoms with van der Waals surface area (Å²) in [5, 5.41) is 0.977. The van der Waals surface area contributed by atoms with Gasteiger partial charge in [0.1, 0.15) is 12.6 Å². The van der Waals surface area contributed by atoms with Crippen molar-refractivity contribution in [3.63, 3.8) is 0 Å². The van der Waals surface area contributed by atoms with Crippen molar-refractivity contribution < 1.29 is 19.2 Å². The molecule has 0 aliphatic carbocycles. The number of benzene rings is 2. The zero-order chi connectivity index (χ0) is 19.4. The molecule has 0 spiro atoms. The average molecular weight is 367 g/mol. The smallest absolute Gasteiger partial charge is 0.221 e. The molecule has 1 heterocycles. The van der Waals surface area contributed by atoms with Gasteiger partial charge in [0, 0.05) is 28.2 Å². The number of carbonyl (C=O) groups is 1. The second-order valence-corrected chi connectivity index (χ2v) is 6.78. The highest BCUT2D eigenvalue weighted by Crippen LogP contribution is 2.27. The molecule has 0 aliphatic heterocycles. The Kier molecular flexibility index (Phi) is 5.81. The van der Waals surface area contributed by atoms with E-state index in [1.807, 2.05) is 69.6 Å². The number of hydrogen-bond donors (Lipinski definition) is 2. The lowest BCUT2D eigenvalue weighted by atomic mass is 10.0. The number of methoxy groups -OCH3 is 1. The van der Waals surface area contributed by atoms with Crippen molar-refractivity contribution in [2.75, 3.05) is 20.8 Å². The minimum absolute atomic E-state index is 0.142. The highest BCUT2D eigenvalue weighted by atomic mass is 16.5. The number of fused-ring (bicyclic) bond motifs is 1. The topological polar surface area (TPSA) is 55.8 Å². The first-order valence-electron chi connectivity index (χ1n) is 9.27. The van der Waals surface area contributed by atoms with Crippen molar-refractivity contribution in [1.29, 1.82) is 0 Å². The quantitative estimate of drug-likeness (QED) is 0.602. The number of H-pyrrole nitrogens is 1. The van der Waals surface area contributed by atoms with Gasteiger partial charge in [-0.2, -0.15) is 0 Å². The van der Waals surface area contributed by atoms with E-state index >= 15 is 0 Å². The van der Waals surface area contributed by atoms with Crippen molar-refractivity contribution >= 4 is 16.7 Å². The molecule has 3 rings (SSSR count). The second kappa shape index (κ2) is 8.27. The zero-order valence-corrected chi connectivity index (χ0v) is 16.3. The van der Waals surface area contributed by atoms with E-state index in [2.05, 4.69) is 4.98 Å². The largest absolute Gasteiger partial charge is 0.493 e. The lowest BCUT2D eigenvalue weighted by Crippen LogP contribution is -3.12. The van der Waals surface area contributed by atoms with Gasteiger partial charge in [-0.3, -0.25) is 4.79 Å². The summed E-state index contributed by atoms with van der Waals surface area (Å²) in [7, 11) is 3.68. The molecule has 27 heavy (non-hydrogen) atoms. The van der Waals surface area contributed by atoms with Crippen LogP contribution in [0.2, 0.25) is 0 Å². The van der Waals surface area contributed by atoms with E-state index in [4.69, 9.17) is 9.47 Å². The molecule has 0 amide bonds. The maximum atomic E-state index is 13.0. The minimum Gasteiger partial charge on any atom is -0.493 e. The van der Waals surface area contributed by atoms with Crippen molar-refractivity contribution in [3.8, 4) is 11.5 Å². The highest BCUT2D eigenvalue weighted by Gasteiger charge is 2.25. The number of ether oxygens (including phenoxy) is 2. The first kappa shape index (κ1) is 19.0. The number of nitrogens with one attached hydrogen (secondary N) is 2. The van der Waals surface area contributed by atoms with Crippen LogP contribution >= 0.6 is 0 Å². The first-order valence-corrected chi connectivity index (χ1v) is 9.27. The third-order valence-electron chi connectivity index (χ3n) is 5.00. The number of likely N-dealkylation sites (N-methyl/N-ethyl adjacent to an activating group) is 1. The molecule has 5 heteroatoms. The molecular formula is C22H27N2O3+. The summed E-state index contributed by atoms with van der Waals surface area (Å²) in [4.78, 5) is 17.3. The van der Waals surface area contributed by atoms with Gasteiger partial charge in [0.2, 0.25) is 5.78 Å². The molecule has 0 radical (unpaired) electrons. The molecule has 0 aliphatic rings. The monoisotopic (exact) mass is 367 g/mol. The lowest BCUT2D eigenvalue weighted by molar-refractivity contribution is -0.907. The van der Waals surface area contributed by atoms with Gasteiger partial charge in [-0.15, -0.1) is 0 Å². The normalized spacial score (nSPS) is 13.3. The van der Waals surface area contributed by atoms with Gasteiger partial charge in [0.15, 0.2) is 11.5 Å². The molecule has 2 aromatic carbocycles. The number of quaternary nitrogens is 1. The Balaban J connectivity index is 1.75. The zero-order valence-electron chi connectivity index (χ0n) is 16.3.